The molecule has 0 bridgehead atoms. The zero-order valence-electron chi connectivity index (χ0n) is 9.67. The van der Waals surface area contributed by atoms with Crippen molar-refractivity contribution < 1.29 is 0 Å². The van der Waals surface area contributed by atoms with Crippen LogP contribution in [0.2, 0.25) is 0 Å². The summed E-state index contributed by atoms with van der Waals surface area (Å²) in [6, 6.07) is 15.3. The summed E-state index contributed by atoms with van der Waals surface area (Å²) < 4.78 is 2.78. The maximum absolute atomic E-state index is 12.2. The molecule has 2 N–H and O–H groups in total. The van der Waals surface area contributed by atoms with Gasteiger partial charge in [0.15, 0.2) is 0 Å². The lowest BCUT2D eigenvalue weighted by molar-refractivity contribution is 0.855. The summed E-state index contributed by atoms with van der Waals surface area (Å²) in [4.78, 5) is 12.2. The van der Waals surface area contributed by atoms with Crippen molar-refractivity contribution in [2.75, 3.05) is 5.73 Å². The van der Waals surface area contributed by atoms with Crippen molar-refractivity contribution in [2.45, 2.75) is 6.54 Å². The number of nitrogens with zero attached hydrogens (tertiary/aromatic N) is 1. The Hall–Kier alpha value is -2.07. The minimum Gasteiger partial charge on any atom is -0.399 e. The topological polar surface area (TPSA) is 48.0 Å². The predicted octanol–water partition coefficient (Wildman–Crippen LogP) is 2.69. The highest BCUT2D eigenvalue weighted by Gasteiger charge is 2.06. The van der Waals surface area contributed by atoms with Gasteiger partial charge in [-0.25, -0.2) is 0 Å². The molecule has 4 heteroatoms. The van der Waals surface area contributed by atoms with Crippen molar-refractivity contribution in [1.82, 2.24) is 3.96 Å². The van der Waals surface area contributed by atoms with Gasteiger partial charge in [-0.1, -0.05) is 35.8 Å². The molecule has 3 nitrogen and oxygen atoms in total. The molecule has 0 saturated heterocycles. The highest BCUT2D eigenvalue weighted by Crippen LogP contribution is 2.17. The Bertz CT molecular complexity index is 758. The van der Waals surface area contributed by atoms with Crippen LogP contribution in [0.25, 0.3) is 10.1 Å². The second kappa shape index (κ2) is 4.31. The van der Waals surface area contributed by atoms with Gasteiger partial charge in [0.2, 0.25) is 0 Å². The summed E-state index contributed by atoms with van der Waals surface area (Å²) >= 11 is 1.49. The molecule has 90 valence electrons. The van der Waals surface area contributed by atoms with Crippen LogP contribution >= 0.6 is 11.5 Å². The van der Waals surface area contributed by atoms with E-state index in [2.05, 4.69) is 0 Å². The molecule has 0 aliphatic carbocycles. The number of aromatic nitrogens is 1. The normalized spacial score (nSPS) is 10.9. The van der Waals surface area contributed by atoms with Crippen LogP contribution in [0, 0.1) is 0 Å². The van der Waals surface area contributed by atoms with Crippen LogP contribution < -0.4 is 11.3 Å². The summed E-state index contributed by atoms with van der Waals surface area (Å²) in [5, 5.41) is 0.784. The number of hydrogen-bond acceptors (Lipinski definition) is 3. The van der Waals surface area contributed by atoms with E-state index in [1.54, 1.807) is 3.96 Å². The fraction of sp³-hybridized carbons (Fsp3) is 0.0714. The van der Waals surface area contributed by atoms with Crippen LogP contribution in [-0.2, 0) is 6.54 Å². The quantitative estimate of drug-likeness (QED) is 0.717. The minimum atomic E-state index is 0.0676. The van der Waals surface area contributed by atoms with Gasteiger partial charge in [-0.15, -0.1) is 0 Å². The number of anilines is 1. The molecule has 0 fully saturated rings. The molecule has 0 radical (unpaired) electrons. The Morgan fingerprint density at radius 3 is 2.72 bits per heavy atom. The van der Waals surface area contributed by atoms with Gasteiger partial charge in [-0.3, -0.25) is 8.75 Å². The molecular weight excluding hydrogens is 244 g/mol. The molecule has 0 aliphatic heterocycles. The lowest BCUT2D eigenvalue weighted by atomic mass is 10.2. The van der Waals surface area contributed by atoms with Crippen LogP contribution in [0.5, 0.6) is 0 Å². The molecule has 0 spiro atoms. The highest BCUT2D eigenvalue weighted by molar-refractivity contribution is 7.13. The van der Waals surface area contributed by atoms with Gasteiger partial charge in [0.1, 0.15) is 0 Å². The first-order valence-corrected chi connectivity index (χ1v) is 6.44. The molecule has 0 amide bonds. The lowest BCUT2D eigenvalue weighted by Gasteiger charge is -2.01. The fourth-order valence-electron chi connectivity index (χ4n) is 1.98. The van der Waals surface area contributed by atoms with Crippen molar-refractivity contribution in [3.05, 3.63) is 64.4 Å². The molecular formula is C14H12N2OS. The number of hydrogen-bond donors (Lipinski definition) is 1. The molecule has 18 heavy (non-hydrogen) atoms. The second-order valence-corrected chi connectivity index (χ2v) is 5.24. The minimum absolute atomic E-state index is 0.0676. The van der Waals surface area contributed by atoms with Gasteiger partial charge in [-0.05, 0) is 29.8 Å². The summed E-state index contributed by atoms with van der Waals surface area (Å²) in [5.41, 5.74) is 7.58. The number of nitrogens with two attached hydrogens (primary N) is 1. The number of fused-ring (bicyclic) bond motifs is 1. The van der Waals surface area contributed by atoms with E-state index in [-0.39, 0.29) is 5.56 Å². The van der Waals surface area contributed by atoms with Gasteiger partial charge in [0.25, 0.3) is 5.56 Å². The third-order valence-corrected chi connectivity index (χ3v) is 3.90. The van der Waals surface area contributed by atoms with E-state index in [1.807, 2.05) is 48.5 Å². The number of benzene rings is 2. The van der Waals surface area contributed by atoms with Crippen LogP contribution in [0.1, 0.15) is 5.56 Å². The van der Waals surface area contributed by atoms with E-state index in [0.29, 0.717) is 6.54 Å². The molecule has 3 aromatic rings. The van der Waals surface area contributed by atoms with E-state index >= 15 is 0 Å². The van der Waals surface area contributed by atoms with Crippen molar-refractivity contribution in [1.29, 1.82) is 0 Å². The van der Waals surface area contributed by atoms with E-state index in [0.717, 1.165) is 21.3 Å². The lowest BCUT2D eigenvalue weighted by Crippen LogP contribution is -2.13. The van der Waals surface area contributed by atoms with Crippen molar-refractivity contribution >= 4 is 27.3 Å². The van der Waals surface area contributed by atoms with E-state index < -0.39 is 0 Å². The predicted molar refractivity (Wildman–Crippen MR) is 76.0 cm³/mol. The fourth-order valence-corrected chi connectivity index (χ4v) is 3.00. The molecule has 0 aliphatic rings. The van der Waals surface area contributed by atoms with Gasteiger partial charge >= 0.3 is 0 Å². The van der Waals surface area contributed by atoms with Crippen LogP contribution in [0.4, 0.5) is 5.69 Å². The van der Waals surface area contributed by atoms with Gasteiger partial charge in [-0.2, -0.15) is 0 Å². The third-order valence-electron chi connectivity index (χ3n) is 2.83. The van der Waals surface area contributed by atoms with Crippen molar-refractivity contribution in [2.24, 2.45) is 0 Å². The molecule has 3 rings (SSSR count). The summed E-state index contributed by atoms with van der Waals surface area (Å²) in [6.45, 7) is 0.573. The molecule has 0 unspecified atom stereocenters. The van der Waals surface area contributed by atoms with Gasteiger partial charge < -0.3 is 5.73 Å². The smallest absolute Gasteiger partial charge is 0.268 e. The van der Waals surface area contributed by atoms with Crippen molar-refractivity contribution in [3.8, 4) is 0 Å². The molecule has 0 atom stereocenters. The monoisotopic (exact) mass is 256 g/mol. The zero-order chi connectivity index (χ0) is 12.5. The van der Waals surface area contributed by atoms with Crippen LogP contribution in [0.3, 0.4) is 0 Å². The second-order valence-electron chi connectivity index (χ2n) is 4.17. The van der Waals surface area contributed by atoms with Crippen molar-refractivity contribution in [3.63, 3.8) is 0 Å². The molecule has 0 saturated carbocycles. The SMILES string of the molecule is Nc1cccc(Cn2sc3ccccc3c2=O)c1. The number of nitrogen functional groups attached to an aromatic ring is 1. The molecule has 1 aromatic heterocycles. The first-order valence-electron chi connectivity index (χ1n) is 5.67. The van der Waals surface area contributed by atoms with E-state index in [4.69, 9.17) is 5.73 Å². The first kappa shape index (κ1) is 11.0. The molecule has 2 aromatic carbocycles. The number of rotatable bonds is 2. The Balaban J connectivity index is 2.05. The Morgan fingerprint density at radius 1 is 1.11 bits per heavy atom. The van der Waals surface area contributed by atoms with Crippen LogP contribution in [0.15, 0.2) is 53.3 Å². The molecule has 1 heterocycles. The highest BCUT2D eigenvalue weighted by atomic mass is 32.1. The average molecular weight is 256 g/mol. The summed E-state index contributed by atoms with van der Waals surface area (Å²) in [7, 11) is 0. The van der Waals surface area contributed by atoms with Gasteiger partial charge in [0.05, 0.1) is 16.6 Å². The summed E-state index contributed by atoms with van der Waals surface area (Å²) in [6.07, 6.45) is 0. The Kier molecular flexibility index (Phi) is 2.64. The summed E-state index contributed by atoms with van der Waals surface area (Å²) in [5.74, 6) is 0. The third kappa shape index (κ3) is 1.91. The maximum atomic E-state index is 12.2. The zero-order valence-corrected chi connectivity index (χ0v) is 10.5. The van der Waals surface area contributed by atoms with Gasteiger partial charge in [0, 0.05) is 5.69 Å². The van der Waals surface area contributed by atoms with E-state index in [9.17, 15) is 4.79 Å². The van der Waals surface area contributed by atoms with E-state index in [1.165, 1.54) is 11.5 Å². The average Bonchev–Trinajstić information content (AvgIpc) is 2.67. The van der Waals surface area contributed by atoms with Crippen LogP contribution in [-0.4, -0.2) is 3.96 Å². The maximum Gasteiger partial charge on any atom is 0.268 e. The standard InChI is InChI=1S/C14H12N2OS/c15-11-5-3-4-10(8-11)9-16-14(17)12-6-1-2-7-13(12)18-16/h1-8H,9,15H2. The Morgan fingerprint density at radius 2 is 1.94 bits per heavy atom. The Labute approximate surface area is 108 Å². The first-order chi connectivity index (χ1) is 8.74. The largest absolute Gasteiger partial charge is 0.399 e.